The summed E-state index contributed by atoms with van der Waals surface area (Å²) in [6.07, 6.45) is 0. The molecule has 0 aromatic heterocycles. The molecule has 0 bridgehead atoms. The molecule has 4 nitrogen and oxygen atoms in total. The van der Waals surface area contributed by atoms with Gasteiger partial charge in [0.1, 0.15) is 0 Å². The van der Waals surface area contributed by atoms with E-state index in [-0.39, 0.29) is 10.6 Å². The Morgan fingerprint density at radius 2 is 1.22 bits per heavy atom. The van der Waals surface area contributed by atoms with Crippen molar-refractivity contribution in [1.82, 2.24) is 0 Å². The molecule has 3 aromatic carbocycles. The standard InChI is InChI=1S/C19H16N2O2/c1-15-7-9-17(10-8-15)20(16-5-3-2-4-6-16)18-11-13-19(14-12-18)21(22)23/h2-14H,1H3. The first kappa shape index (κ1) is 14.8. The predicted molar refractivity (Wildman–Crippen MR) is 92.5 cm³/mol. The highest BCUT2D eigenvalue weighted by molar-refractivity contribution is 5.76. The van der Waals surface area contributed by atoms with Gasteiger partial charge in [-0.1, -0.05) is 35.9 Å². The SMILES string of the molecule is Cc1ccc(N(c2ccccc2)c2ccc([N+](=O)[O-])cc2)cc1. The number of hydrogen-bond acceptors (Lipinski definition) is 3. The molecule has 114 valence electrons. The first-order valence-corrected chi connectivity index (χ1v) is 7.31. The molecule has 0 heterocycles. The van der Waals surface area contributed by atoms with E-state index in [4.69, 9.17) is 0 Å². The van der Waals surface area contributed by atoms with Crippen molar-refractivity contribution in [3.63, 3.8) is 0 Å². The molecule has 0 fully saturated rings. The monoisotopic (exact) mass is 304 g/mol. The Balaban J connectivity index is 2.08. The van der Waals surface area contributed by atoms with Crippen molar-refractivity contribution in [2.45, 2.75) is 6.92 Å². The van der Waals surface area contributed by atoms with Crippen molar-refractivity contribution in [3.8, 4) is 0 Å². The lowest BCUT2D eigenvalue weighted by Crippen LogP contribution is -2.09. The lowest BCUT2D eigenvalue weighted by molar-refractivity contribution is -0.384. The fourth-order valence-electron chi connectivity index (χ4n) is 2.44. The number of rotatable bonds is 4. The molecule has 3 rings (SSSR count). The van der Waals surface area contributed by atoms with Crippen LogP contribution in [0, 0.1) is 17.0 Å². The zero-order valence-electron chi connectivity index (χ0n) is 12.7. The maximum absolute atomic E-state index is 10.9. The van der Waals surface area contributed by atoms with E-state index in [0.29, 0.717) is 0 Å². The van der Waals surface area contributed by atoms with Gasteiger partial charge in [-0.25, -0.2) is 0 Å². The highest BCUT2D eigenvalue weighted by Crippen LogP contribution is 2.34. The molecule has 0 saturated carbocycles. The predicted octanol–water partition coefficient (Wildman–Crippen LogP) is 5.37. The average molecular weight is 304 g/mol. The van der Waals surface area contributed by atoms with E-state index in [2.05, 4.69) is 17.0 Å². The van der Waals surface area contributed by atoms with Crippen LogP contribution in [0.2, 0.25) is 0 Å². The lowest BCUT2D eigenvalue weighted by Gasteiger charge is -2.25. The zero-order valence-corrected chi connectivity index (χ0v) is 12.7. The molecule has 3 aromatic rings. The van der Waals surface area contributed by atoms with Gasteiger partial charge < -0.3 is 4.90 Å². The van der Waals surface area contributed by atoms with Crippen LogP contribution in [0.15, 0.2) is 78.9 Å². The minimum atomic E-state index is -0.386. The number of nitrogens with zero attached hydrogens (tertiary/aromatic N) is 2. The number of anilines is 3. The van der Waals surface area contributed by atoms with Gasteiger partial charge in [-0.3, -0.25) is 10.1 Å². The third-order valence-corrected chi connectivity index (χ3v) is 3.63. The van der Waals surface area contributed by atoms with Crippen LogP contribution in [-0.4, -0.2) is 4.92 Å². The second kappa shape index (κ2) is 6.32. The van der Waals surface area contributed by atoms with E-state index >= 15 is 0 Å². The Bertz CT molecular complexity index is 797. The lowest BCUT2D eigenvalue weighted by atomic mass is 10.1. The topological polar surface area (TPSA) is 46.4 Å². The summed E-state index contributed by atoms with van der Waals surface area (Å²) >= 11 is 0. The molecule has 0 radical (unpaired) electrons. The van der Waals surface area contributed by atoms with Gasteiger partial charge >= 0.3 is 0 Å². The molecular formula is C19H16N2O2. The summed E-state index contributed by atoms with van der Waals surface area (Å²) in [6.45, 7) is 2.04. The van der Waals surface area contributed by atoms with Gasteiger partial charge in [0, 0.05) is 29.2 Å². The summed E-state index contributed by atoms with van der Waals surface area (Å²) in [5.74, 6) is 0. The van der Waals surface area contributed by atoms with Gasteiger partial charge in [0.2, 0.25) is 0 Å². The molecule has 0 aliphatic carbocycles. The first-order chi connectivity index (χ1) is 11.1. The summed E-state index contributed by atoms with van der Waals surface area (Å²) < 4.78 is 0. The molecular weight excluding hydrogens is 288 g/mol. The van der Waals surface area contributed by atoms with Gasteiger partial charge in [-0.05, 0) is 43.3 Å². The summed E-state index contributed by atoms with van der Waals surface area (Å²) in [6, 6.07) is 24.7. The maximum atomic E-state index is 10.9. The molecule has 0 spiro atoms. The van der Waals surface area contributed by atoms with Crippen LogP contribution in [0.1, 0.15) is 5.56 Å². The van der Waals surface area contributed by atoms with E-state index in [0.717, 1.165) is 17.1 Å². The van der Waals surface area contributed by atoms with Gasteiger partial charge in [-0.15, -0.1) is 0 Å². The first-order valence-electron chi connectivity index (χ1n) is 7.31. The summed E-state index contributed by atoms with van der Waals surface area (Å²) in [5, 5.41) is 10.9. The Morgan fingerprint density at radius 1 is 0.739 bits per heavy atom. The fourth-order valence-corrected chi connectivity index (χ4v) is 2.44. The van der Waals surface area contributed by atoms with E-state index in [1.807, 2.05) is 49.4 Å². The molecule has 0 amide bonds. The van der Waals surface area contributed by atoms with Gasteiger partial charge in [0.25, 0.3) is 5.69 Å². The van der Waals surface area contributed by atoms with Crippen molar-refractivity contribution in [2.75, 3.05) is 4.90 Å². The zero-order chi connectivity index (χ0) is 16.2. The number of hydrogen-bond donors (Lipinski definition) is 0. The van der Waals surface area contributed by atoms with Crippen LogP contribution in [-0.2, 0) is 0 Å². The summed E-state index contributed by atoms with van der Waals surface area (Å²) in [4.78, 5) is 12.5. The highest BCUT2D eigenvalue weighted by atomic mass is 16.6. The number of benzene rings is 3. The third kappa shape index (κ3) is 3.21. The Kier molecular flexibility index (Phi) is 4.06. The fraction of sp³-hybridized carbons (Fsp3) is 0.0526. The number of para-hydroxylation sites is 1. The average Bonchev–Trinajstić information content (AvgIpc) is 2.58. The molecule has 0 aliphatic heterocycles. The molecule has 0 saturated heterocycles. The van der Waals surface area contributed by atoms with E-state index in [1.165, 1.54) is 17.7 Å². The summed E-state index contributed by atoms with van der Waals surface area (Å²) in [7, 11) is 0. The summed E-state index contributed by atoms with van der Waals surface area (Å²) in [5.41, 5.74) is 4.17. The smallest absolute Gasteiger partial charge is 0.269 e. The second-order valence-electron chi connectivity index (χ2n) is 5.28. The molecule has 0 N–H and O–H groups in total. The van der Waals surface area contributed by atoms with Crippen molar-refractivity contribution < 1.29 is 4.92 Å². The Labute approximate surface area is 134 Å². The minimum Gasteiger partial charge on any atom is -0.310 e. The van der Waals surface area contributed by atoms with E-state index in [9.17, 15) is 10.1 Å². The van der Waals surface area contributed by atoms with Crippen LogP contribution < -0.4 is 4.90 Å². The largest absolute Gasteiger partial charge is 0.310 e. The van der Waals surface area contributed by atoms with Gasteiger partial charge in [0.05, 0.1) is 4.92 Å². The van der Waals surface area contributed by atoms with Crippen LogP contribution in [0.5, 0.6) is 0 Å². The minimum absolute atomic E-state index is 0.0886. The van der Waals surface area contributed by atoms with Crippen LogP contribution in [0.4, 0.5) is 22.7 Å². The number of non-ortho nitro benzene ring substituents is 1. The number of aryl methyl sites for hydroxylation is 1. The molecule has 23 heavy (non-hydrogen) atoms. The van der Waals surface area contributed by atoms with Gasteiger partial charge in [0.15, 0.2) is 0 Å². The van der Waals surface area contributed by atoms with E-state index < -0.39 is 0 Å². The third-order valence-electron chi connectivity index (χ3n) is 3.63. The van der Waals surface area contributed by atoms with Crippen LogP contribution >= 0.6 is 0 Å². The van der Waals surface area contributed by atoms with Crippen molar-refractivity contribution in [2.24, 2.45) is 0 Å². The number of nitro groups is 1. The van der Waals surface area contributed by atoms with Crippen LogP contribution in [0.25, 0.3) is 0 Å². The highest BCUT2D eigenvalue weighted by Gasteiger charge is 2.13. The normalized spacial score (nSPS) is 10.3. The van der Waals surface area contributed by atoms with Crippen LogP contribution in [0.3, 0.4) is 0 Å². The molecule has 0 atom stereocenters. The maximum Gasteiger partial charge on any atom is 0.269 e. The van der Waals surface area contributed by atoms with E-state index in [1.54, 1.807) is 12.1 Å². The van der Waals surface area contributed by atoms with Crippen molar-refractivity contribution in [1.29, 1.82) is 0 Å². The van der Waals surface area contributed by atoms with Crippen molar-refractivity contribution >= 4 is 22.7 Å². The van der Waals surface area contributed by atoms with Gasteiger partial charge in [-0.2, -0.15) is 0 Å². The number of nitro benzene ring substituents is 1. The Morgan fingerprint density at radius 3 is 1.74 bits per heavy atom. The molecule has 0 unspecified atom stereocenters. The second-order valence-corrected chi connectivity index (χ2v) is 5.28. The quantitative estimate of drug-likeness (QED) is 0.480. The Hall–Kier alpha value is -3.14. The molecule has 0 aliphatic rings. The molecule has 4 heteroatoms. The van der Waals surface area contributed by atoms with Crippen molar-refractivity contribution in [3.05, 3.63) is 94.5 Å².